The summed E-state index contributed by atoms with van der Waals surface area (Å²) in [6, 6.07) is 5.71. The Balaban J connectivity index is 2.67. The molecule has 0 bridgehead atoms. The van der Waals surface area contributed by atoms with Crippen LogP contribution < -0.4 is 4.74 Å². The van der Waals surface area contributed by atoms with Gasteiger partial charge in [-0.2, -0.15) is 0 Å². The van der Waals surface area contributed by atoms with E-state index in [4.69, 9.17) is 9.84 Å². The van der Waals surface area contributed by atoms with Gasteiger partial charge in [0, 0.05) is 12.1 Å². The van der Waals surface area contributed by atoms with E-state index >= 15 is 0 Å². The fraction of sp³-hybridized carbons (Fsp3) is 0.182. The highest BCUT2D eigenvalue weighted by Crippen LogP contribution is 2.19. The molecule has 6 heteroatoms. The molecule has 17 heavy (non-hydrogen) atoms. The lowest BCUT2D eigenvalue weighted by atomic mass is 10.3. The first-order valence-corrected chi connectivity index (χ1v) is 4.76. The average Bonchev–Trinajstić information content (AvgIpc) is 2.26. The molecule has 0 spiro atoms. The van der Waals surface area contributed by atoms with E-state index in [-0.39, 0.29) is 12.3 Å². The van der Waals surface area contributed by atoms with E-state index in [9.17, 15) is 14.9 Å². The quantitative estimate of drug-likeness (QED) is 0.480. The van der Waals surface area contributed by atoms with Gasteiger partial charge in [-0.05, 0) is 18.6 Å². The summed E-state index contributed by atoms with van der Waals surface area (Å²) < 4.78 is 5.22. The van der Waals surface area contributed by atoms with Gasteiger partial charge in [0.2, 0.25) is 0 Å². The number of hydrogen-bond donors (Lipinski definition) is 1. The molecule has 1 aromatic carbocycles. The second kappa shape index (κ2) is 5.64. The van der Waals surface area contributed by atoms with E-state index in [1.54, 1.807) is 13.0 Å². The van der Waals surface area contributed by atoms with Crippen LogP contribution in [0.2, 0.25) is 0 Å². The summed E-state index contributed by atoms with van der Waals surface area (Å²) in [6.07, 6.45) is 1.03. The molecule has 1 rings (SSSR count). The molecule has 6 nitrogen and oxygen atoms in total. The number of ether oxygens (including phenoxy) is 1. The summed E-state index contributed by atoms with van der Waals surface area (Å²) in [5.41, 5.74) is 0.450. The molecule has 1 aromatic rings. The normalized spacial score (nSPS) is 11.0. The number of carboxylic acids is 1. The van der Waals surface area contributed by atoms with Gasteiger partial charge in [-0.3, -0.25) is 10.1 Å². The lowest BCUT2D eigenvalue weighted by Gasteiger charge is -2.05. The van der Waals surface area contributed by atoms with Crippen LogP contribution in [0.25, 0.3) is 0 Å². The number of aliphatic carboxylic acids is 1. The fourth-order valence-electron chi connectivity index (χ4n) is 1.14. The van der Waals surface area contributed by atoms with Crippen LogP contribution in [0.3, 0.4) is 0 Å². The van der Waals surface area contributed by atoms with Crippen LogP contribution in [0, 0.1) is 10.1 Å². The second-order valence-corrected chi connectivity index (χ2v) is 3.37. The largest absolute Gasteiger partial charge is 0.489 e. The molecule has 0 aliphatic heterocycles. The van der Waals surface area contributed by atoms with Crippen LogP contribution in [0.15, 0.2) is 35.9 Å². The van der Waals surface area contributed by atoms with Crippen LogP contribution in [-0.4, -0.2) is 22.6 Å². The molecule has 0 radical (unpaired) electrons. The summed E-state index contributed by atoms with van der Waals surface area (Å²) in [4.78, 5) is 20.3. The summed E-state index contributed by atoms with van der Waals surface area (Å²) in [5.74, 6) is -0.720. The van der Waals surface area contributed by atoms with Gasteiger partial charge in [0.15, 0.2) is 0 Å². The minimum absolute atomic E-state index is 0.0673. The summed E-state index contributed by atoms with van der Waals surface area (Å²) in [7, 11) is 0. The van der Waals surface area contributed by atoms with Gasteiger partial charge in [0.1, 0.15) is 12.4 Å². The van der Waals surface area contributed by atoms with E-state index in [1.165, 1.54) is 18.2 Å². The van der Waals surface area contributed by atoms with Gasteiger partial charge in [0.05, 0.1) is 11.0 Å². The molecule has 0 aromatic heterocycles. The van der Waals surface area contributed by atoms with Gasteiger partial charge in [0.25, 0.3) is 5.69 Å². The predicted molar refractivity (Wildman–Crippen MR) is 60.0 cm³/mol. The molecule has 0 heterocycles. The van der Waals surface area contributed by atoms with Crippen LogP contribution in [0.4, 0.5) is 5.69 Å². The first kappa shape index (κ1) is 12.7. The molecular weight excluding hydrogens is 226 g/mol. The standard InChI is InChI=1S/C11H11NO5/c1-8(5-11(13)14)7-17-10-4-2-3-9(6-10)12(15)16/h2-6H,7H2,1H3,(H,13,14). The Morgan fingerprint density at radius 2 is 2.29 bits per heavy atom. The molecule has 90 valence electrons. The van der Waals surface area contributed by atoms with E-state index in [0.717, 1.165) is 6.08 Å². The maximum atomic E-state index is 10.5. The first-order valence-electron chi connectivity index (χ1n) is 4.76. The topological polar surface area (TPSA) is 89.7 Å². The third-order valence-electron chi connectivity index (χ3n) is 1.86. The number of carbonyl (C=O) groups is 1. The van der Waals surface area contributed by atoms with Crippen LogP contribution in [0.5, 0.6) is 5.75 Å². The Bertz CT molecular complexity index is 467. The number of nitro groups is 1. The number of benzene rings is 1. The molecule has 0 aliphatic rings. The predicted octanol–water partition coefficient (Wildman–Crippen LogP) is 2.00. The van der Waals surface area contributed by atoms with Gasteiger partial charge in [-0.15, -0.1) is 0 Å². The maximum absolute atomic E-state index is 10.5. The molecule has 0 amide bonds. The Morgan fingerprint density at radius 1 is 1.59 bits per heavy atom. The van der Waals surface area contributed by atoms with Gasteiger partial charge in [-0.25, -0.2) is 4.79 Å². The monoisotopic (exact) mass is 237 g/mol. The van der Waals surface area contributed by atoms with Crippen LogP contribution in [0.1, 0.15) is 6.92 Å². The average molecular weight is 237 g/mol. The highest BCUT2D eigenvalue weighted by atomic mass is 16.6. The second-order valence-electron chi connectivity index (χ2n) is 3.37. The van der Waals surface area contributed by atoms with Crippen LogP contribution >= 0.6 is 0 Å². The van der Waals surface area contributed by atoms with Crippen molar-refractivity contribution in [2.24, 2.45) is 0 Å². The summed E-state index contributed by atoms with van der Waals surface area (Å²) >= 11 is 0. The van der Waals surface area contributed by atoms with Gasteiger partial charge >= 0.3 is 5.97 Å². The molecule has 0 fully saturated rings. The van der Waals surface area contributed by atoms with Gasteiger partial charge in [-0.1, -0.05) is 6.07 Å². The molecule has 0 saturated carbocycles. The lowest BCUT2D eigenvalue weighted by molar-refractivity contribution is -0.384. The zero-order valence-corrected chi connectivity index (χ0v) is 9.12. The summed E-state index contributed by atoms with van der Waals surface area (Å²) in [6.45, 7) is 1.68. The van der Waals surface area contributed by atoms with Crippen molar-refractivity contribution in [3.05, 3.63) is 46.0 Å². The summed E-state index contributed by atoms with van der Waals surface area (Å²) in [5, 5.41) is 19.0. The van der Waals surface area contributed by atoms with Crippen molar-refractivity contribution in [1.29, 1.82) is 0 Å². The highest BCUT2D eigenvalue weighted by molar-refractivity contribution is 5.80. The Morgan fingerprint density at radius 3 is 2.88 bits per heavy atom. The molecule has 0 saturated heterocycles. The molecule has 0 unspecified atom stereocenters. The van der Waals surface area contributed by atoms with E-state index in [1.807, 2.05) is 0 Å². The van der Waals surface area contributed by atoms with Crippen LogP contribution in [-0.2, 0) is 4.79 Å². The van der Waals surface area contributed by atoms with Crippen molar-refractivity contribution in [3.63, 3.8) is 0 Å². The number of nitrogens with zero attached hydrogens (tertiary/aromatic N) is 1. The minimum atomic E-state index is -1.05. The van der Waals surface area contributed by atoms with Crippen molar-refractivity contribution in [2.75, 3.05) is 6.61 Å². The van der Waals surface area contributed by atoms with Crippen molar-refractivity contribution in [1.82, 2.24) is 0 Å². The van der Waals surface area contributed by atoms with Crippen molar-refractivity contribution >= 4 is 11.7 Å². The smallest absolute Gasteiger partial charge is 0.328 e. The van der Waals surface area contributed by atoms with E-state index in [2.05, 4.69) is 0 Å². The molecule has 0 aliphatic carbocycles. The van der Waals surface area contributed by atoms with Gasteiger partial charge < -0.3 is 9.84 Å². The Hall–Kier alpha value is -2.37. The van der Waals surface area contributed by atoms with Crippen molar-refractivity contribution < 1.29 is 19.6 Å². The first-order chi connectivity index (χ1) is 7.99. The Labute approximate surface area is 97.3 Å². The lowest BCUT2D eigenvalue weighted by Crippen LogP contribution is -2.01. The molecule has 1 N–H and O–H groups in total. The number of non-ortho nitro benzene ring substituents is 1. The zero-order valence-electron chi connectivity index (χ0n) is 9.12. The number of hydrogen-bond acceptors (Lipinski definition) is 4. The number of nitro benzene ring substituents is 1. The molecule has 0 atom stereocenters. The minimum Gasteiger partial charge on any atom is -0.489 e. The highest BCUT2D eigenvalue weighted by Gasteiger charge is 2.06. The Kier molecular flexibility index (Phi) is 4.21. The zero-order chi connectivity index (χ0) is 12.8. The van der Waals surface area contributed by atoms with Crippen molar-refractivity contribution in [2.45, 2.75) is 6.92 Å². The van der Waals surface area contributed by atoms with Crippen molar-refractivity contribution in [3.8, 4) is 5.75 Å². The fourth-order valence-corrected chi connectivity index (χ4v) is 1.14. The third kappa shape index (κ3) is 4.33. The van der Waals surface area contributed by atoms with E-state index < -0.39 is 10.9 Å². The van der Waals surface area contributed by atoms with E-state index in [0.29, 0.717) is 11.3 Å². The number of carboxylic acid groups (broad SMARTS) is 1. The maximum Gasteiger partial charge on any atom is 0.328 e. The third-order valence-corrected chi connectivity index (χ3v) is 1.86. The SMILES string of the molecule is CC(=CC(=O)O)COc1cccc([N+](=O)[O-])c1. The number of rotatable bonds is 5. The molecular formula is C11H11NO5.